The minimum Gasteiger partial charge on any atom is -0.358 e. The SMILES string of the molecule is O=C(Cc1ccc(F)cc1)N1CCc2[nH]c3ccccc3c2C1. The molecule has 0 bridgehead atoms. The van der Waals surface area contributed by atoms with Crippen LogP contribution in [0.25, 0.3) is 10.9 Å². The summed E-state index contributed by atoms with van der Waals surface area (Å²) >= 11 is 0. The third-order valence-electron chi connectivity index (χ3n) is 4.50. The largest absolute Gasteiger partial charge is 0.358 e. The van der Waals surface area contributed by atoms with Crippen LogP contribution in [-0.4, -0.2) is 22.3 Å². The molecule has 1 aliphatic rings. The molecule has 3 aromatic rings. The van der Waals surface area contributed by atoms with Gasteiger partial charge in [0.1, 0.15) is 5.82 Å². The zero-order valence-electron chi connectivity index (χ0n) is 12.7. The maximum atomic E-state index is 13.0. The standard InChI is InChI=1S/C19H17FN2O/c20-14-7-5-13(6-8-14)11-19(23)22-10-9-18-16(12-22)15-3-1-2-4-17(15)21-18/h1-8,21H,9-12H2. The molecule has 1 aliphatic heterocycles. The Morgan fingerprint density at radius 3 is 2.74 bits per heavy atom. The Hall–Kier alpha value is -2.62. The lowest BCUT2D eigenvalue weighted by molar-refractivity contribution is -0.131. The number of hydrogen-bond donors (Lipinski definition) is 1. The number of hydrogen-bond acceptors (Lipinski definition) is 1. The minimum absolute atomic E-state index is 0.0903. The molecule has 2 aromatic carbocycles. The van der Waals surface area contributed by atoms with Gasteiger partial charge in [0.2, 0.25) is 5.91 Å². The van der Waals surface area contributed by atoms with Gasteiger partial charge < -0.3 is 9.88 Å². The molecule has 3 nitrogen and oxygen atoms in total. The van der Waals surface area contributed by atoms with Crippen molar-refractivity contribution in [2.45, 2.75) is 19.4 Å². The predicted molar refractivity (Wildman–Crippen MR) is 87.5 cm³/mol. The molecule has 4 heteroatoms. The van der Waals surface area contributed by atoms with Gasteiger partial charge in [0.15, 0.2) is 0 Å². The maximum Gasteiger partial charge on any atom is 0.227 e. The third kappa shape index (κ3) is 2.61. The molecule has 0 spiro atoms. The highest BCUT2D eigenvalue weighted by Gasteiger charge is 2.23. The lowest BCUT2D eigenvalue weighted by atomic mass is 10.0. The van der Waals surface area contributed by atoms with E-state index < -0.39 is 0 Å². The van der Waals surface area contributed by atoms with Crippen LogP contribution in [0, 0.1) is 5.82 Å². The first kappa shape index (κ1) is 14.0. The van der Waals surface area contributed by atoms with E-state index in [9.17, 15) is 9.18 Å². The number of rotatable bonds is 2. The second kappa shape index (κ2) is 5.54. The number of carbonyl (C=O) groups excluding carboxylic acids is 1. The van der Waals surface area contributed by atoms with Gasteiger partial charge in [-0.1, -0.05) is 30.3 Å². The van der Waals surface area contributed by atoms with Crippen LogP contribution < -0.4 is 0 Å². The molecule has 116 valence electrons. The van der Waals surface area contributed by atoms with Crippen molar-refractivity contribution in [2.24, 2.45) is 0 Å². The highest BCUT2D eigenvalue weighted by atomic mass is 19.1. The Bertz CT molecular complexity index is 867. The Kier molecular flexibility index (Phi) is 3.37. The van der Waals surface area contributed by atoms with Crippen molar-refractivity contribution in [1.29, 1.82) is 0 Å². The summed E-state index contributed by atoms with van der Waals surface area (Å²) in [5.41, 5.74) is 4.43. The van der Waals surface area contributed by atoms with Crippen molar-refractivity contribution >= 4 is 16.8 Å². The fourth-order valence-corrected chi connectivity index (χ4v) is 3.27. The summed E-state index contributed by atoms with van der Waals surface area (Å²) in [6, 6.07) is 14.4. The number of aromatic nitrogens is 1. The second-order valence-electron chi connectivity index (χ2n) is 6.00. The Morgan fingerprint density at radius 2 is 1.91 bits per heavy atom. The van der Waals surface area contributed by atoms with Gasteiger partial charge in [-0.3, -0.25) is 4.79 Å². The van der Waals surface area contributed by atoms with E-state index >= 15 is 0 Å². The first-order chi connectivity index (χ1) is 11.2. The van der Waals surface area contributed by atoms with Crippen LogP contribution in [0.15, 0.2) is 48.5 Å². The van der Waals surface area contributed by atoms with Gasteiger partial charge >= 0.3 is 0 Å². The van der Waals surface area contributed by atoms with Gasteiger partial charge in [0.05, 0.1) is 6.42 Å². The van der Waals surface area contributed by atoms with Crippen molar-refractivity contribution in [2.75, 3.05) is 6.54 Å². The van der Waals surface area contributed by atoms with Gasteiger partial charge in [-0.25, -0.2) is 4.39 Å². The number of fused-ring (bicyclic) bond motifs is 3. The fraction of sp³-hybridized carbons (Fsp3) is 0.211. The molecule has 1 amide bonds. The fourth-order valence-electron chi connectivity index (χ4n) is 3.27. The number of H-pyrrole nitrogens is 1. The molecular formula is C19H17FN2O. The highest BCUT2D eigenvalue weighted by Crippen LogP contribution is 2.27. The van der Waals surface area contributed by atoms with Crippen LogP contribution >= 0.6 is 0 Å². The molecular weight excluding hydrogens is 291 g/mol. The Balaban J connectivity index is 1.55. The van der Waals surface area contributed by atoms with Crippen LogP contribution in [-0.2, 0) is 24.2 Å². The van der Waals surface area contributed by atoms with Crippen molar-refractivity contribution in [3.05, 3.63) is 71.2 Å². The Labute approximate surface area is 133 Å². The first-order valence-electron chi connectivity index (χ1n) is 7.81. The van der Waals surface area contributed by atoms with Crippen molar-refractivity contribution in [3.63, 3.8) is 0 Å². The summed E-state index contributed by atoms with van der Waals surface area (Å²) < 4.78 is 13.0. The van der Waals surface area contributed by atoms with Crippen LogP contribution in [0.5, 0.6) is 0 Å². The van der Waals surface area contributed by atoms with Crippen molar-refractivity contribution in [1.82, 2.24) is 9.88 Å². The van der Waals surface area contributed by atoms with E-state index in [1.807, 2.05) is 17.0 Å². The van der Waals surface area contributed by atoms with Crippen molar-refractivity contribution < 1.29 is 9.18 Å². The summed E-state index contributed by atoms with van der Waals surface area (Å²) in [5.74, 6) is -0.185. The van der Waals surface area contributed by atoms with Gasteiger partial charge in [0.25, 0.3) is 0 Å². The molecule has 1 N–H and O–H groups in total. The van der Waals surface area contributed by atoms with E-state index in [4.69, 9.17) is 0 Å². The molecule has 2 heterocycles. The highest BCUT2D eigenvalue weighted by molar-refractivity contribution is 5.86. The summed E-state index contributed by atoms with van der Waals surface area (Å²) in [5, 5.41) is 1.20. The monoisotopic (exact) mass is 308 g/mol. The summed E-state index contributed by atoms with van der Waals surface area (Å²) in [7, 11) is 0. The van der Waals surface area contributed by atoms with E-state index in [1.165, 1.54) is 28.8 Å². The summed E-state index contributed by atoms with van der Waals surface area (Å²) in [4.78, 5) is 17.9. The van der Waals surface area contributed by atoms with Gasteiger partial charge in [-0.15, -0.1) is 0 Å². The second-order valence-corrected chi connectivity index (χ2v) is 6.00. The number of benzene rings is 2. The zero-order chi connectivity index (χ0) is 15.8. The molecule has 0 saturated carbocycles. The van der Waals surface area contributed by atoms with E-state index in [-0.39, 0.29) is 11.7 Å². The van der Waals surface area contributed by atoms with Crippen LogP contribution in [0.3, 0.4) is 0 Å². The average Bonchev–Trinajstić information content (AvgIpc) is 2.94. The number of amides is 1. The normalized spacial score (nSPS) is 14.0. The zero-order valence-corrected chi connectivity index (χ0v) is 12.7. The first-order valence-corrected chi connectivity index (χ1v) is 7.81. The van der Waals surface area contributed by atoms with Gasteiger partial charge in [-0.05, 0) is 23.8 Å². The number of para-hydroxylation sites is 1. The summed E-state index contributed by atoms with van der Waals surface area (Å²) in [6.07, 6.45) is 1.16. The maximum absolute atomic E-state index is 13.0. The molecule has 0 unspecified atom stereocenters. The minimum atomic E-state index is -0.275. The molecule has 0 saturated heterocycles. The number of carbonyl (C=O) groups is 1. The Morgan fingerprint density at radius 1 is 1.13 bits per heavy atom. The summed E-state index contributed by atoms with van der Waals surface area (Å²) in [6.45, 7) is 1.36. The van der Waals surface area contributed by atoms with E-state index in [0.29, 0.717) is 13.0 Å². The smallest absolute Gasteiger partial charge is 0.227 e. The van der Waals surface area contributed by atoms with E-state index in [1.54, 1.807) is 12.1 Å². The molecule has 0 aliphatic carbocycles. The molecule has 0 atom stereocenters. The number of nitrogens with one attached hydrogen (secondary N) is 1. The molecule has 0 fully saturated rings. The average molecular weight is 308 g/mol. The topological polar surface area (TPSA) is 36.1 Å². The number of nitrogens with zero attached hydrogens (tertiary/aromatic N) is 1. The molecule has 1 aromatic heterocycles. The lowest BCUT2D eigenvalue weighted by Crippen LogP contribution is -2.36. The van der Waals surface area contributed by atoms with E-state index in [0.717, 1.165) is 24.0 Å². The van der Waals surface area contributed by atoms with E-state index in [2.05, 4.69) is 17.1 Å². The van der Waals surface area contributed by atoms with Gasteiger partial charge in [-0.2, -0.15) is 0 Å². The predicted octanol–water partition coefficient (Wildman–Crippen LogP) is 3.43. The number of aromatic amines is 1. The van der Waals surface area contributed by atoms with Gasteiger partial charge in [0, 0.05) is 41.7 Å². The number of halogens is 1. The lowest BCUT2D eigenvalue weighted by Gasteiger charge is -2.27. The van der Waals surface area contributed by atoms with Crippen LogP contribution in [0.4, 0.5) is 4.39 Å². The third-order valence-corrected chi connectivity index (χ3v) is 4.50. The quantitative estimate of drug-likeness (QED) is 0.773. The van der Waals surface area contributed by atoms with Crippen LogP contribution in [0.1, 0.15) is 16.8 Å². The molecule has 0 radical (unpaired) electrons. The molecule has 4 rings (SSSR count). The molecule has 23 heavy (non-hydrogen) atoms. The van der Waals surface area contributed by atoms with Crippen molar-refractivity contribution in [3.8, 4) is 0 Å². The van der Waals surface area contributed by atoms with Crippen LogP contribution in [0.2, 0.25) is 0 Å².